The molecule has 0 unspecified atom stereocenters. The molecule has 0 fully saturated rings. The van der Waals surface area contributed by atoms with Crippen molar-refractivity contribution in [2.45, 2.75) is 20.3 Å². The third-order valence-corrected chi connectivity index (χ3v) is 5.24. The average Bonchev–Trinajstić information content (AvgIpc) is 3.04. The first-order valence-electron chi connectivity index (χ1n) is 10.5. The molecule has 2 amide bonds. The van der Waals surface area contributed by atoms with Crippen molar-refractivity contribution in [1.29, 1.82) is 0 Å². The summed E-state index contributed by atoms with van der Waals surface area (Å²) < 4.78 is 19.3. The summed E-state index contributed by atoms with van der Waals surface area (Å²) in [5.41, 5.74) is 2.96. The number of amides is 2. The Balaban J connectivity index is 1.77. The van der Waals surface area contributed by atoms with Crippen LogP contribution < -0.4 is 15.0 Å². The van der Waals surface area contributed by atoms with E-state index < -0.39 is 17.6 Å². The topological polar surface area (TPSA) is 58.6 Å². The number of aryl methyl sites for hydroxylation is 1. The van der Waals surface area contributed by atoms with Crippen LogP contribution in [0.4, 0.5) is 15.8 Å². The van der Waals surface area contributed by atoms with Gasteiger partial charge in [0.2, 0.25) is 0 Å². The van der Waals surface area contributed by atoms with Crippen molar-refractivity contribution in [2.24, 2.45) is 0 Å². The van der Waals surface area contributed by atoms with Crippen molar-refractivity contribution in [3.8, 4) is 5.75 Å². The summed E-state index contributed by atoms with van der Waals surface area (Å²) in [7, 11) is 0. The van der Waals surface area contributed by atoms with Gasteiger partial charge >= 0.3 is 0 Å². The lowest BCUT2D eigenvalue weighted by Gasteiger charge is -2.15. The molecule has 1 aliphatic heterocycles. The highest BCUT2D eigenvalue weighted by Crippen LogP contribution is 2.34. The van der Waals surface area contributed by atoms with Crippen molar-refractivity contribution >= 4 is 28.8 Å². The van der Waals surface area contributed by atoms with E-state index in [0.717, 1.165) is 16.9 Å². The van der Waals surface area contributed by atoms with Crippen LogP contribution in [0.15, 0.2) is 78.5 Å². The lowest BCUT2D eigenvalue weighted by Crippen LogP contribution is -2.32. The van der Waals surface area contributed by atoms with Gasteiger partial charge in [0.1, 0.15) is 17.3 Å². The molecule has 0 saturated carbocycles. The van der Waals surface area contributed by atoms with Gasteiger partial charge in [-0.05, 0) is 66.9 Å². The first-order valence-corrected chi connectivity index (χ1v) is 10.5. The van der Waals surface area contributed by atoms with E-state index in [9.17, 15) is 14.0 Å². The number of nitrogens with zero attached hydrogens (tertiary/aromatic N) is 1. The number of benzene rings is 3. The largest absolute Gasteiger partial charge is 0.494 e. The zero-order valence-electron chi connectivity index (χ0n) is 17.9. The van der Waals surface area contributed by atoms with Gasteiger partial charge in [-0.3, -0.25) is 9.59 Å². The third kappa shape index (κ3) is 4.12. The molecule has 1 N–H and O–H groups in total. The van der Waals surface area contributed by atoms with Crippen LogP contribution in [0.5, 0.6) is 5.75 Å². The van der Waals surface area contributed by atoms with Gasteiger partial charge in [0.05, 0.1) is 17.9 Å². The highest BCUT2D eigenvalue weighted by atomic mass is 19.1. The first kappa shape index (κ1) is 21.3. The van der Waals surface area contributed by atoms with E-state index in [4.69, 9.17) is 4.74 Å². The van der Waals surface area contributed by atoms with Gasteiger partial charge in [-0.15, -0.1) is 0 Å². The first-order chi connectivity index (χ1) is 15.5. The van der Waals surface area contributed by atoms with E-state index in [1.807, 2.05) is 31.2 Å². The molecule has 162 valence electrons. The number of ether oxygens (including phenoxy) is 1. The number of hydrogen-bond donors (Lipinski definition) is 1. The number of imide groups is 1. The Hall–Kier alpha value is -3.93. The molecule has 0 spiro atoms. The maximum Gasteiger partial charge on any atom is 0.282 e. The van der Waals surface area contributed by atoms with Gasteiger partial charge in [0, 0.05) is 5.69 Å². The van der Waals surface area contributed by atoms with E-state index in [1.54, 1.807) is 24.3 Å². The van der Waals surface area contributed by atoms with Crippen molar-refractivity contribution in [3.05, 3.63) is 95.4 Å². The van der Waals surface area contributed by atoms with Crippen LogP contribution in [0, 0.1) is 5.82 Å². The number of hydrogen-bond acceptors (Lipinski definition) is 4. The van der Waals surface area contributed by atoms with Gasteiger partial charge in [-0.2, -0.15) is 0 Å². The maximum absolute atomic E-state index is 13.8. The second-order valence-electron chi connectivity index (χ2n) is 7.31. The van der Waals surface area contributed by atoms with Crippen molar-refractivity contribution in [2.75, 3.05) is 16.8 Å². The molecule has 0 bridgehead atoms. The zero-order valence-corrected chi connectivity index (χ0v) is 17.9. The lowest BCUT2D eigenvalue weighted by atomic mass is 10.0. The maximum atomic E-state index is 13.8. The van der Waals surface area contributed by atoms with Crippen LogP contribution >= 0.6 is 0 Å². The highest BCUT2D eigenvalue weighted by molar-refractivity contribution is 6.46. The van der Waals surface area contributed by atoms with E-state index in [-0.39, 0.29) is 17.0 Å². The Labute approximate surface area is 186 Å². The predicted molar refractivity (Wildman–Crippen MR) is 123 cm³/mol. The quantitative estimate of drug-likeness (QED) is 0.525. The van der Waals surface area contributed by atoms with Crippen LogP contribution in [0.1, 0.15) is 25.0 Å². The Kier molecular flexibility index (Phi) is 6.03. The molecule has 1 aliphatic rings. The fourth-order valence-corrected chi connectivity index (χ4v) is 3.62. The van der Waals surface area contributed by atoms with E-state index in [1.165, 1.54) is 24.3 Å². The van der Waals surface area contributed by atoms with Crippen LogP contribution in [-0.4, -0.2) is 18.4 Å². The van der Waals surface area contributed by atoms with E-state index >= 15 is 0 Å². The third-order valence-electron chi connectivity index (χ3n) is 5.24. The average molecular weight is 430 g/mol. The van der Waals surface area contributed by atoms with Crippen LogP contribution in [0.25, 0.3) is 5.57 Å². The van der Waals surface area contributed by atoms with Crippen LogP contribution in [-0.2, 0) is 16.0 Å². The summed E-state index contributed by atoms with van der Waals surface area (Å²) in [5, 5.41) is 3.12. The van der Waals surface area contributed by atoms with Gasteiger partial charge in [-0.1, -0.05) is 37.3 Å². The second kappa shape index (κ2) is 9.06. The van der Waals surface area contributed by atoms with Crippen molar-refractivity contribution in [3.63, 3.8) is 0 Å². The molecule has 1 heterocycles. The molecular weight excluding hydrogens is 407 g/mol. The molecule has 0 atom stereocenters. The summed E-state index contributed by atoms with van der Waals surface area (Å²) in [4.78, 5) is 27.7. The minimum absolute atomic E-state index is 0.146. The Morgan fingerprint density at radius 3 is 2.25 bits per heavy atom. The molecule has 3 aromatic carbocycles. The fraction of sp³-hybridized carbons (Fsp3) is 0.154. The van der Waals surface area contributed by atoms with E-state index in [2.05, 4.69) is 12.2 Å². The summed E-state index contributed by atoms with van der Waals surface area (Å²) in [6.45, 7) is 4.47. The minimum atomic E-state index is -0.538. The number of anilines is 2. The standard InChI is InChI=1S/C26H23FN2O3/c1-3-17-8-12-20(13-9-17)28-24-23(18-10-14-22(15-11-18)32-4-2)25(30)29(26(24)31)21-7-5-6-19(27)16-21/h5-16,28H,3-4H2,1-2H3. The Morgan fingerprint density at radius 2 is 1.62 bits per heavy atom. The van der Waals surface area contributed by atoms with Gasteiger partial charge in [-0.25, -0.2) is 9.29 Å². The van der Waals surface area contributed by atoms with Crippen LogP contribution in [0.2, 0.25) is 0 Å². The molecule has 4 rings (SSSR count). The monoisotopic (exact) mass is 430 g/mol. The lowest BCUT2D eigenvalue weighted by molar-refractivity contribution is -0.120. The number of halogens is 1. The van der Waals surface area contributed by atoms with Crippen molar-refractivity contribution in [1.82, 2.24) is 0 Å². The normalized spacial score (nSPS) is 13.7. The zero-order chi connectivity index (χ0) is 22.7. The Morgan fingerprint density at radius 1 is 0.906 bits per heavy atom. The molecule has 6 heteroatoms. The number of nitrogens with one attached hydrogen (secondary N) is 1. The highest BCUT2D eigenvalue weighted by Gasteiger charge is 2.40. The molecule has 0 aromatic heterocycles. The molecule has 5 nitrogen and oxygen atoms in total. The summed E-state index contributed by atoms with van der Waals surface area (Å²) in [6, 6.07) is 20.1. The SMILES string of the molecule is CCOc1ccc(C2=C(Nc3ccc(CC)cc3)C(=O)N(c3cccc(F)c3)C2=O)cc1. The number of carbonyl (C=O) groups excluding carboxylic acids is 2. The van der Waals surface area contributed by atoms with E-state index in [0.29, 0.717) is 23.6 Å². The number of carbonyl (C=O) groups is 2. The predicted octanol–water partition coefficient (Wildman–Crippen LogP) is 5.18. The Bertz CT molecular complexity index is 1180. The fourth-order valence-electron chi connectivity index (χ4n) is 3.62. The second-order valence-corrected chi connectivity index (χ2v) is 7.31. The summed E-state index contributed by atoms with van der Waals surface area (Å²) >= 11 is 0. The van der Waals surface area contributed by atoms with Gasteiger partial charge in [0.15, 0.2) is 0 Å². The summed E-state index contributed by atoms with van der Waals surface area (Å²) in [5.74, 6) is -0.913. The minimum Gasteiger partial charge on any atom is -0.494 e. The summed E-state index contributed by atoms with van der Waals surface area (Å²) in [6.07, 6.45) is 0.894. The van der Waals surface area contributed by atoms with Gasteiger partial charge in [0.25, 0.3) is 11.8 Å². The molecular formula is C26H23FN2O3. The molecule has 32 heavy (non-hydrogen) atoms. The van der Waals surface area contributed by atoms with Crippen LogP contribution in [0.3, 0.4) is 0 Å². The molecule has 0 saturated heterocycles. The molecule has 0 radical (unpaired) electrons. The molecule has 0 aliphatic carbocycles. The van der Waals surface area contributed by atoms with Crippen molar-refractivity contribution < 1.29 is 18.7 Å². The number of rotatable bonds is 7. The smallest absolute Gasteiger partial charge is 0.282 e. The molecule has 3 aromatic rings. The van der Waals surface area contributed by atoms with Gasteiger partial charge < -0.3 is 10.1 Å².